The number of aliphatic carboxylic acids is 1. The molecule has 1 heterocycles. The molecule has 0 aromatic heterocycles. The highest BCUT2D eigenvalue weighted by Gasteiger charge is 2.25. The highest BCUT2D eigenvalue weighted by atomic mass is 16.7. The van der Waals surface area contributed by atoms with Crippen LogP contribution in [0, 0.1) is 5.92 Å². The molecule has 1 N–H and O–H groups in total. The predicted octanol–water partition coefficient (Wildman–Crippen LogP) is 4.33. The molecule has 4 heteroatoms. The first kappa shape index (κ1) is 15.2. The van der Waals surface area contributed by atoms with Crippen molar-refractivity contribution in [1.29, 1.82) is 0 Å². The van der Waals surface area contributed by atoms with E-state index in [1.807, 2.05) is 18.2 Å². The summed E-state index contributed by atoms with van der Waals surface area (Å²) in [5.74, 6) is 1.60. The molecule has 1 aromatic rings. The lowest BCUT2D eigenvalue weighted by Crippen LogP contribution is -2.08. The van der Waals surface area contributed by atoms with Gasteiger partial charge in [-0.15, -0.1) is 0 Å². The van der Waals surface area contributed by atoms with Crippen molar-refractivity contribution in [1.82, 2.24) is 0 Å². The monoisotopic (exact) mass is 304 g/mol. The number of hydrogen-bond donors (Lipinski definition) is 1. The molecule has 1 fully saturated rings. The molecule has 1 aliphatic heterocycles. The second-order valence-electron chi connectivity index (χ2n) is 6.46. The van der Waals surface area contributed by atoms with E-state index < -0.39 is 5.97 Å². The van der Waals surface area contributed by atoms with Crippen molar-refractivity contribution in [2.24, 2.45) is 5.92 Å². The van der Waals surface area contributed by atoms with Gasteiger partial charge in [0, 0.05) is 5.56 Å². The van der Waals surface area contributed by atoms with Gasteiger partial charge in [0.15, 0.2) is 11.5 Å². The molecule has 1 aromatic carbocycles. The zero-order chi connectivity index (χ0) is 15.4. The van der Waals surface area contributed by atoms with E-state index in [-0.39, 0.29) is 19.1 Å². The molecular weight excluding hydrogens is 280 g/mol. The number of carbonyl (C=O) groups is 1. The summed E-state index contributed by atoms with van der Waals surface area (Å²) in [5, 5.41) is 9.23. The van der Waals surface area contributed by atoms with Gasteiger partial charge in [0.05, 0.1) is 6.42 Å². The average molecular weight is 304 g/mol. The van der Waals surface area contributed by atoms with Crippen molar-refractivity contribution >= 4 is 5.97 Å². The highest BCUT2D eigenvalue weighted by Crippen LogP contribution is 2.42. The van der Waals surface area contributed by atoms with Gasteiger partial charge >= 0.3 is 5.97 Å². The number of benzene rings is 1. The lowest BCUT2D eigenvalue weighted by molar-refractivity contribution is -0.137. The minimum atomic E-state index is -0.748. The Morgan fingerprint density at radius 1 is 1.27 bits per heavy atom. The van der Waals surface area contributed by atoms with E-state index in [1.165, 1.54) is 32.1 Å². The molecule has 1 saturated carbocycles. The van der Waals surface area contributed by atoms with Crippen molar-refractivity contribution < 1.29 is 19.4 Å². The molecule has 4 nitrogen and oxygen atoms in total. The van der Waals surface area contributed by atoms with Crippen LogP contribution in [-0.4, -0.2) is 17.9 Å². The molecule has 0 spiro atoms. The summed E-state index contributed by atoms with van der Waals surface area (Å²) in [7, 11) is 0. The normalized spacial score (nSPS) is 18.5. The summed E-state index contributed by atoms with van der Waals surface area (Å²) in [5.41, 5.74) is 0.990. The van der Waals surface area contributed by atoms with Gasteiger partial charge in [-0.25, -0.2) is 0 Å². The fraction of sp³-hybridized carbons (Fsp3) is 0.611. The minimum Gasteiger partial charge on any atom is -0.481 e. The number of rotatable bonds is 7. The lowest BCUT2D eigenvalue weighted by atomic mass is 9.88. The van der Waals surface area contributed by atoms with Gasteiger partial charge in [-0.3, -0.25) is 4.79 Å². The van der Waals surface area contributed by atoms with Crippen LogP contribution in [0.3, 0.4) is 0 Å². The SMILES string of the molecule is O=C(O)CC(CCCC1CCCC1)c1cccc2c1OCO2. The topological polar surface area (TPSA) is 55.8 Å². The van der Waals surface area contributed by atoms with Crippen LogP contribution in [0.2, 0.25) is 0 Å². The molecule has 22 heavy (non-hydrogen) atoms. The van der Waals surface area contributed by atoms with Crippen LogP contribution < -0.4 is 9.47 Å². The van der Waals surface area contributed by atoms with Gasteiger partial charge < -0.3 is 14.6 Å². The average Bonchev–Trinajstić information content (AvgIpc) is 3.16. The number of carboxylic acid groups (broad SMARTS) is 1. The van der Waals surface area contributed by atoms with Gasteiger partial charge in [0.2, 0.25) is 6.79 Å². The van der Waals surface area contributed by atoms with Crippen LogP contribution in [0.4, 0.5) is 0 Å². The zero-order valence-electron chi connectivity index (χ0n) is 12.9. The third kappa shape index (κ3) is 3.54. The smallest absolute Gasteiger partial charge is 0.303 e. The summed E-state index contributed by atoms with van der Waals surface area (Å²) < 4.78 is 11.0. The Morgan fingerprint density at radius 2 is 2.09 bits per heavy atom. The molecule has 2 aliphatic rings. The Kier molecular flexibility index (Phi) is 4.86. The van der Waals surface area contributed by atoms with E-state index in [2.05, 4.69) is 0 Å². The third-order valence-electron chi connectivity index (χ3n) is 4.93. The second kappa shape index (κ2) is 7.03. The van der Waals surface area contributed by atoms with E-state index in [9.17, 15) is 9.90 Å². The van der Waals surface area contributed by atoms with Crippen molar-refractivity contribution in [3.63, 3.8) is 0 Å². The first-order valence-corrected chi connectivity index (χ1v) is 8.34. The van der Waals surface area contributed by atoms with Crippen LogP contribution in [-0.2, 0) is 4.79 Å². The number of fused-ring (bicyclic) bond motifs is 1. The third-order valence-corrected chi connectivity index (χ3v) is 4.93. The first-order chi connectivity index (χ1) is 10.7. The van der Waals surface area contributed by atoms with Gasteiger partial charge in [0.1, 0.15) is 0 Å². The molecule has 1 atom stereocenters. The summed E-state index contributed by atoms with van der Waals surface area (Å²) >= 11 is 0. The maximum absolute atomic E-state index is 11.2. The quantitative estimate of drug-likeness (QED) is 0.814. The van der Waals surface area contributed by atoms with E-state index in [0.29, 0.717) is 0 Å². The number of hydrogen-bond acceptors (Lipinski definition) is 3. The van der Waals surface area contributed by atoms with Crippen LogP contribution in [0.1, 0.15) is 62.8 Å². The Hall–Kier alpha value is -1.71. The van der Waals surface area contributed by atoms with Crippen molar-refractivity contribution in [3.05, 3.63) is 23.8 Å². The predicted molar refractivity (Wildman–Crippen MR) is 83.4 cm³/mol. The fourth-order valence-corrected chi connectivity index (χ4v) is 3.80. The lowest BCUT2D eigenvalue weighted by Gasteiger charge is -2.18. The van der Waals surface area contributed by atoms with Crippen LogP contribution in [0.5, 0.6) is 11.5 Å². The molecule has 1 unspecified atom stereocenters. The maximum atomic E-state index is 11.2. The Morgan fingerprint density at radius 3 is 2.86 bits per heavy atom. The molecule has 0 radical (unpaired) electrons. The van der Waals surface area contributed by atoms with Crippen LogP contribution >= 0.6 is 0 Å². The molecule has 1 aliphatic carbocycles. The largest absolute Gasteiger partial charge is 0.481 e. The first-order valence-electron chi connectivity index (χ1n) is 8.34. The van der Waals surface area contributed by atoms with Gasteiger partial charge in [-0.2, -0.15) is 0 Å². The van der Waals surface area contributed by atoms with Crippen molar-refractivity contribution in [3.8, 4) is 11.5 Å². The molecule has 120 valence electrons. The maximum Gasteiger partial charge on any atom is 0.303 e. The molecule has 3 rings (SSSR count). The number of ether oxygens (including phenoxy) is 2. The minimum absolute atomic E-state index is 0.00977. The highest BCUT2D eigenvalue weighted by molar-refractivity contribution is 5.68. The standard InChI is InChI=1S/C18H24O4/c19-17(20)11-14(8-3-7-13-5-1-2-6-13)15-9-4-10-16-18(15)22-12-21-16/h4,9-10,13-14H,1-3,5-8,11-12H2,(H,19,20). The Labute approximate surface area is 131 Å². The summed E-state index contributed by atoms with van der Waals surface area (Å²) in [4.78, 5) is 11.2. The van der Waals surface area contributed by atoms with Gasteiger partial charge in [-0.1, -0.05) is 50.7 Å². The van der Waals surface area contributed by atoms with E-state index >= 15 is 0 Å². The van der Waals surface area contributed by atoms with Crippen molar-refractivity contribution in [2.75, 3.05) is 6.79 Å². The zero-order valence-corrected chi connectivity index (χ0v) is 12.9. The van der Waals surface area contributed by atoms with E-state index in [1.54, 1.807) is 0 Å². The van der Waals surface area contributed by atoms with Crippen LogP contribution in [0.25, 0.3) is 0 Å². The summed E-state index contributed by atoms with van der Waals surface area (Å²) in [6, 6.07) is 5.79. The Balaban J connectivity index is 1.66. The van der Waals surface area contributed by atoms with Gasteiger partial charge in [0.25, 0.3) is 0 Å². The Bertz CT molecular complexity index is 520. The molecule has 0 bridgehead atoms. The molecular formula is C18H24O4. The summed E-state index contributed by atoms with van der Waals surface area (Å²) in [6.07, 6.45) is 8.80. The van der Waals surface area contributed by atoms with Crippen molar-refractivity contribution in [2.45, 2.75) is 57.3 Å². The fourth-order valence-electron chi connectivity index (χ4n) is 3.80. The van der Waals surface area contributed by atoms with Gasteiger partial charge in [-0.05, 0) is 24.3 Å². The molecule has 0 saturated heterocycles. The van der Waals surface area contributed by atoms with Crippen LogP contribution in [0.15, 0.2) is 18.2 Å². The molecule has 0 amide bonds. The van der Waals surface area contributed by atoms with E-state index in [0.717, 1.165) is 35.8 Å². The van der Waals surface area contributed by atoms with E-state index in [4.69, 9.17) is 9.47 Å². The second-order valence-corrected chi connectivity index (χ2v) is 6.46. The summed E-state index contributed by atoms with van der Waals surface area (Å²) in [6.45, 7) is 0.230. The number of carboxylic acids is 1. The number of para-hydroxylation sites is 1.